The Morgan fingerprint density at radius 2 is 2.40 bits per heavy atom. The van der Waals surface area contributed by atoms with Gasteiger partial charge in [-0.25, -0.2) is 0 Å². The van der Waals surface area contributed by atoms with E-state index in [2.05, 4.69) is 20.9 Å². The smallest absolute Gasteiger partial charge is 0.358 e. The van der Waals surface area contributed by atoms with Gasteiger partial charge in [-0.1, -0.05) is 6.92 Å². The molecule has 0 aromatic carbocycles. The number of imidazole rings is 1. The SMILES string of the molecule is CCc1nc([N+](=O)[O-])c2c(Br)cccn12. The number of aromatic nitrogens is 2. The van der Waals surface area contributed by atoms with Crippen molar-refractivity contribution in [3.05, 3.63) is 38.7 Å². The summed E-state index contributed by atoms with van der Waals surface area (Å²) in [6.45, 7) is 1.92. The molecule has 0 aliphatic heterocycles. The highest BCUT2D eigenvalue weighted by Crippen LogP contribution is 2.27. The van der Waals surface area contributed by atoms with Crippen LogP contribution in [0.1, 0.15) is 12.7 Å². The standard InChI is InChI=1S/C9H8BrN3O2/c1-2-7-11-9(13(14)15)8-6(10)4-3-5-12(7)8/h3-5H,2H2,1H3. The number of hydrogen-bond donors (Lipinski definition) is 0. The largest absolute Gasteiger partial charge is 0.390 e. The minimum absolute atomic E-state index is 0.0978. The van der Waals surface area contributed by atoms with Crippen LogP contribution in [0.15, 0.2) is 22.8 Å². The van der Waals surface area contributed by atoms with E-state index in [1.54, 1.807) is 16.7 Å². The first-order chi connectivity index (χ1) is 7.15. The lowest BCUT2D eigenvalue weighted by Gasteiger charge is -1.96. The molecule has 0 spiro atoms. The number of fused-ring (bicyclic) bond motifs is 1. The van der Waals surface area contributed by atoms with Gasteiger partial charge < -0.3 is 10.1 Å². The van der Waals surface area contributed by atoms with E-state index in [1.165, 1.54) is 0 Å². The number of hydrogen-bond acceptors (Lipinski definition) is 3. The lowest BCUT2D eigenvalue weighted by atomic mass is 10.4. The minimum Gasteiger partial charge on any atom is -0.358 e. The van der Waals surface area contributed by atoms with Crippen molar-refractivity contribution >= 4 is 27.3 Å². The van der Waals surface area contributed by atoms with Crippen molar-refractivity contribution in [2.24, 2.45) is 0 Å². The lowest BCUT2D eigenvalue weighted by molar-refractivity contribution is -0.387. The number of pyridine rings is 1. The molecule has 0 saturated heterocycles. The summed E-state index contributed by atoms with van der Waals surface area (Å²) in [5.74, 6) is 0.595. The van der Waals surface area contributed by atoms with E-state index >= 15 is 0 Å². The molecule has 0 saturated carbocycles. The topological polar surface area (TPSA) is 60.4 Å². The summed E-state index contributed by atoms with van der Waals surface area (Å²) in [5, 5.41) is 10.8. The molecule has 2 aromatic heterocycles. The van der Waals surface area contributed by atoms with E-state index in [0.29, 0.717) is 22.2 Å². The molecule has 0 radical (unpaired) electrons. The van der Waals surface area contributed by atoms with Gasteiger partial charge in [0.15, 0.2) is 5.52 Å². The van der Waals surface area contributed by atoms with Crippen molar-refractivity contribution < 1.29 is 4.92 Å². The predicted molar refractivity (Wildman–Crippen MR) is 58.9 cm³/mol. The molecule has 0 bridgehead atoms. The van der Waals surface area contributed by atoms with Gasteiger partial charge in [0.05, 0.1) is 4.47 Å². The molecule has 0 unspecified atom stereocenters. The van der Waals surface area contributed by atoms with Crippen LogP contribution in [0.3, 0.4) is 0 Å². The second-order valence-electron chi connectivity index (χ2n) is 3.04. The van der Waals surface area contributed by atoms with Crippen LogP contribution >= 0.6 is 15.9 Å². The van der Waals surface area contributed by atoms with Gasteiger partial charge in [-0.3, -0.25) is 4.40 Å². The molecular weight excluding hydrogens is 262 g/mol. The highest BCUT2D eigenvalue weighted by molar-refractivity contribution is 9.10. The minimum atomic E-state index is -0.459. The average molecular weight is 270 g/mol. The fourth-order valence-electron chi connectivity index (χ4n) is 1.52. The molecule has 15 heavy (non-hydrogen) atoms. The zero-order valence-electron chi connectivity index (χ0n) is 7.98. The van der Waals surface area contributed by atoms with E-state index in [0.717, 1.165) is 0 Å². The average Bonchev–Trinajstić information content (AvgIpc) is 2.58. The fraction of sp³-hybridized carbons (Fsp3) is 0.222. The fourth-order valence-corrected chi connectivity index (χ4v) is 2.04. The van der Waals surface area contributed by atoms with Crippen LogP contribution in [0.25, 0.3) is 5.52 Å². The molecule has 2 rings (SSSR count). The van der Waals surface area contributed by atoms with Gasteiger partial charge in [0.2, 0.25) is 5.82 Å². The van der Waals surface area contributed by atoms with Crippen LogP contribution in [0.4, 0.5) is 5.82 Å². The molecule has 78 valence electrons. The van der Waals surface area contributed by atoms with E-state index in [1.807, 2.05) is 13.0 Å². The van der Waals surface area contributed by atoms with Gasteiger partial charge in [0, 0.05) is 12.6 Å². The summed E-state index contributed by atoms with van der Waals surface area (Å²) in [4.78, 5) is 14.3. The molecule has 0 N–H and O–H groups in total. The van der Waals surface area contributed by atoms with Crippen molar-refractivity contribution in [1.82, 2.24) is 9.38 Å². The number of nitrogens with zero attached hydrogens (tertiary/aromatic N) is 3. The summed E-state index contributed by atoms with van der Waals surface area (Å²) in [6.07, 6.45) is 2.43. The van der Waals surface area contributed by atoms with Crippen LogP contribution in [-0.2, 0) is 6.42 Å². The summed E-state index contributed by atoms with van der Waals surface area (Å²) in [5.41, 5.74) is 0.513. The highest BCUT2D eigenvalue weighted by atomic mass is 79.9. The van der Waals surface area contributed by atoms with E-state index in [4.69, 9.17) is 0 Å². The Labute approximate surface area is 94.0 Å². The maximum atomic E-state index is 10.8. The van der Waals surface area contributed by atoms with E-state index in [9.17, 15) is 10.1 Å². The second-order valence-corrected chi connectivity index (χ2v) is 3.89. The number of aryl methyl sites for hydroxylation is 1. The summed E-state index contributed by atoms with van der Waals surface area (Å²) >= 11 is 3.29. The molecule has 0 amide bonds. The first kappa shape index (κ1) is 10.1. The second kappa shape index (κ2) is 3.62. The van der Waals surface area contributed by atoms with Crippen LogP contribution in [0.2, 0.25) is 0 Å². The van der Waals surface area contributed by atoms with Crippen molar-refractivity contribution in [2.45, 2.75) is 13.3 Å². The summed E-state index contributed by atoms with van der Waals surface area (Å²) in [7, 11) is 0. The monoisotopic (exact) mass is 269 g/mol. The third-order valence-electron chi connectivity index (χ3n) is 2.16. The molecular formula is C9H8BrN3O2. The number of halogens is 1. The van der Waals surface area contributed by atoms with Crippen molar-refractivity contribution in [2.75, 3.05) is 0 Å². The van der Waals surface area contributed by atoms with Gasteiger partial charge in [0.1, 0.15) is 0 Å². The van der Waals surface area contributed by atoms with Crippen molar-refractivity contribution in [3.8, 4) is 0 Å². The van der Waals surface area contributed by atoms with Crippen LogP contribution in [-0.4, -0.2) is 14.3 Å². The number of rotatable bonds is 2. The zero-order valence-corrected chi connectivity index (χ0v) is 9.56. The van der Waals surface area contributed by atoms with E-state index < -0.39 is 4.92 Å². The molecule has 0 fully saturated rings. The normalized spacial score (nSPS) is 10.8. The van der Waals surface area contributed by atoms with Crippen molar-refractivity contribution in [3.63, 3.8) is 0 Å². The van der Waals surface area contributed by atoms with Gasteiger partial charge in [-0.05, 0) is 38.0 Å². The van der Waals surface area contributed by atoms with Gasteiger partial charge >= 0.3 is 5.82 Å². The summed E-state index contributed by atoms with van der Waals surface area (Å²) < 4.78 is 2.42. The maximum absolute atomic E-state index is 10.8. The summed E-state index contributed by atoms with van der Waals surface area (Å²) in [6, 6.07) is 3.59. The molecule has 6 heteroatoms. The Hall–Kier alpha value is -1.43. The third kappa shape index (κ3) is 1.50. The van der Waals surface area contributed by atoms with Crippen LogP contribution in [0, 0.1) is 10.1 Å². The van der Waals surface area contributed by atoms with Crippen LogP contribution < -0.4 is 0 Å². The Morgan fingerprint density at radius 3 is 3.00 bits per heavy atom. The van der Waals surface area contributed by atoms with Crippen LogP contribution in [0.5, 0.6) is 0 Å². The Kier molecular flexibility index (Phi) is 2.44. The Balaban J connectivity index is 2.88. The molecule has 2 aromatic rings. The molecule has 0 aliphatic rings. The molecule has 0 atom stereocenters. The molecule has 5 nitrogen and oxygen atoms in total. The third-order valence-corrected chi connectivity index (χ3v) is 2.80. The van der Waals surface area contributed by atoms with Crippen molar-refractivity contribution in [1.29, 1.82) is 0 Å². The quantitative estimate of drug-likeness (QED) is 0.622. The Morgan fingerprint density at radius 1 is 1.67 bits per heavy atom. The zero-order chi connectivity index (χ0) is 11.0. The lowest BCUT2D eigenvalue weighted by Crippen LogP contribution is -1.91. The molecule has 0 aliphatic carbocycles. The van der Waals surface area contributed by atoms with E-state index in [-0.39, 0.29) is 5.82 Å². The van der Waals surface area contributed by atoms with Gasteiger partial charge in [0.25, 0.3) is 0 Å². The first-order valence-corrected chi connectivity index (χ1v) is 5.24. The number of nitro groups is 1. The Bertz CT molecular complexity index is 535. The first-order valence-electron chi connectivity index (χ1n) is 4.45. The van der Waals surface area contributed by atoms with Gasteiger partial charge in [-0.15, -0.1) is 0 Å². The highest BCUT2D eigenvalue weighted by Gasteiger charge is 2.22. The predicted octanol–water partition coefficient (Wildman–Crippen LogP) is 2.57. The maximum Gasteiger partial charge on any atom is 0.390 e. The van der Waals surface area contributed by atoms with Gasteiger partial charge in [-0.2, -0.15) is 0 Å². The molecule has 2 heterocycles.